The normalized spacial score (nSPS) is 12.7. The molecule has 0 bridgehead atoms. The first-order chi connectivity index (χ1) is 7.18. The first kappa shape index (κ1) is 10.1. The number of thiophene rings is 1. The SMILES string of the molecule is Cc1ccc([C@@H](O)C(=O)c2cccs2)o1. The third-order valence-corrected chi connectivity index (χ3v) is 2.93. The summed E-state index contributed by atoms with van der Waals surface area (Å²) in [6.07, 6.45) is -1.20. The van der Waals surface area contributed by atoms with Crippen molar-refractivity contribution in [3.8, 4) is 0 Å². The van der Waals surface area contributed by atoms with E-state index >= 15 is 0 Å². The molecule has 0 fully saturated rings. The maximum atomic E-state index is 11.7. The number of hydrogen-bond acceptors (Lipinski definition) is 4. The van der Waals surface area contributed by atoms with Crippen LogP contribution in [0.15, 0.2) is 34.1 Å². The molecule has 2 rings (SSSR count). The van der Waals surface area contributed by atoms with Gasteiger partial charge in [0.25, 0.3) is 0 Å². The van der Waals surface area contributed by atoms with Crippen molar-refractivity contribution in [2.75, 3.05) is 0 Å². The van der Waals surface area contributed by atoms with Crippen molar-refractivity contribution in [3.63, 3.8) is 0 Å². The lowest BCUT2D eigenvalue weighted by atomic mass is 10.1. The van der Waals surface area contributed by atoms with Crippen molar-refractivity contribution >= 4 is 17.1 Å². The molecule has 0 aliphatic heterocycles. The van der Waals surface area contributed by atoms with Crippen LogP contribution in [0, 0.1) is 6.92 Å². The van der Waals surface area contributed by atoms with Crippen LogP contribution in [0.3, 0.4) is 0 Å². The summed E-state index contributed by atoms with van der Waals surface area (Å²) in [5.74, 6) is 0.660. The van der Waals surface area contributed by atoms with Gasteiger partial charge < -0.3 is 9.52 Å². The highest BCUT2D eigenvalue weighted by atomic mass is 32.1. The van der Waals surface area contributed by atoms with Crippen molar-refractivity contribution in [1.29, 1.82) is 0 Å². The minimum atomic E-state index is -1.20. The smallest absolute Gasteiger partial charge is 0.208 e. The van der Waals surface area contributed by atoms with Gasteiger partial charge in [0, 0.05) is 0 Å². The predicted molar refractivity (Wildman–Crippen MR) is 57.1 cm³/mol. The van der Waals surface area contributed by atoms with Gasteiger partial charge in [0.2, 0.25) is 5.78 Å². The monoisotopic (exact) mass is 222 g/mol. The first-order valence-corrected chi connectivity index (χ1v) is 5.38. The summed E-state index contributed by atoms with van der Waals surface area (Å²) in [5, 5.41) is 11.5. The molecule has 1 atom stereocenters. The van der Waals surface area contributed by atoms with Gasteiger partial charge >= 0.3 is 0 Å². The third-order valence-electron chi connectivity index (χ3n) is 2.04. The number of carbonyl (C=O) groups excluding carboxylic acids is 1. The lowest BCUT2D eigenvalue weighted by Gasteiger charge is -2.04. The number of carbonyl (C=O) groups is 1. The van der Waals surface area contributed by atoms with E-state index in [4.69, 9.17) is 4.42 Å². The van der Waals surface area contributed by atoms with E-state index in [0.29, 0.717) is 16.4 Å². The molecule has 0 aliphatic rings. The highest BCUT2D eigenvalue weighted by Crippen LogP contribution is 2.22. The summed E-state index contributed by atoms with van der Waals surface area (Å²) in [6, 6.07) is 6.80. The Bertz CT molecular complexity index is 456. The van der Waals surface area contributed by atoms with Gasteiger partial charge in [-0.05, 0) is 30.5 Å². The first-order valence-electron chi connectivity index (χ1n) is 4.50. The van der Waals surface area contributed by atoms with Gasteiger partial charge in [-0.1, -0.05) is 6.07 Å². The number of furan rings is 1. The standard InChI is InChI=1S/C11H10O3S/c1-7-4-5-8(14-7)10(12)11(13)9-3-2-6-15-9/h2-6,10,12H,1H3/t10-/m1/s1. The fourth-order valence-corrected chi connectivity index (χ4v) is 1.97. The van der Waals surface area contributed by atoms with E-state index in [1.54, 1.807) is 36.6 Å². The van der Waals surface area contributed by atoms with E-state index in [1.807, 2.05) is 0 Å². The van der Waals surface area contributed by atoms with Gasteiger partial charge in [-0.15, -0.1) is 11.3 Å². The van der Waals surface area contributed by atoms with Crippen molar-refractivity contribution in [3.05, 3.63) is 46.0 Å². The summed E-state index contributed by atoms with van der Waals surface area (Å²) in [4.78, 5) is 12.3. The Morgan fingerprint density at radius 3 is 2.80 bits per heavy atom. The average Bonchev–Trinajstić information content (AvgIpc) is 2.85. The molecule has 0 saturated carbocycles. The second-order valence-corrected chi connectivity index (χ2v) is 4.14. The van der Waals surface area contributed by atoms with E-state index in [1.165, 1.54) is 11.3 Å². The van der Waals surface area contributed by atoms with Gasteiger partial charge in [-0.3, -0.25) is 4.79 Å². The number of aliphatic hydroxyl groups is 1. The van der Waals surface area contributed by atoms with Crippen molar-refractivity contribution < 1.29 is 14.3 Å². The number of aliphatic hydroxyl groups excluding tert-OH is 1. The number of Topliss-reactive ketones (excluding diaryl/α,β-unsaturated/α-hetero) is 1. The highest BCUT2D eigenvalue weighted by Gasteiger charge is 2.22. The molecule has 0 unspecified atom stereocenters. The van der Waals surface area contributed by atoms with E-state index in [2.05, 4.69) is 0 Å². The van der Waals surface area contributed by atoms with Crippen LogP contribution in [-0.2, 0) is 0 Å². The fraction of sp³-hybridized carbons (Fsp3) is 0.182. The zero-order valence-corrected chi connectivity index (χ0v) is 8.95. The maximum absolute atomic E-state index is 11.7. The summed E-state index contributed by atoms with van der Waals surface area (Å²) < 4.78 is 5.20. The minimum Gasteiger partial charge on any atom is -0.463 e. The minimum absolute atomic E-state index is 0.297. The number of rotatable bonds is 3. The van der Waals surface area contributed by atoms with Crippen LogP contribution in [0.2, 0.25) is 0 Å². The Balaban J connectivity index is 2.22. The molecule has 2 aromatic heterocycles. The summed E-state index contributed by atoms with van der Waals surface area (Å²) in [6.45, 7) is 1.77. The zero-order chi connectivity index (χ0) is 10.8. The van der Waals surface area contributed by atoms with Gasteiger partial charge in [-0.2, -0.15) is 0 Å². The molecule has 1 N–H and O–H groups in total. The zero-order valence-electron chi connectivity index (χ0n) is 8.14. The van der Waals surface area contributed by atoms with Gasteiger partial charge in [0.15, 0.2) is 6.10 Å². The summed E-state index contributed by atoms with van der Waals surface area (Å²) in [5.41, 5.74) is 0. The molecular formula is C11H10O3S. The maximum Gasteiger partial charge on any atom is 0.208 e. The highest BCUT2D eigenvalue weighted by molar-refractivity contribution is 7.12. The van der Waals surface area contributed by atoms with Crippen LogP contribution >= 0.6 is 11.3 Å². The quantitative estimate of drug-likeness (QED) is 0.812. The second-order valence-electron chi connectivity index (χ2n) is 3.19. The van der Waals surface area contributed by atoms with Crippen molar-refractivity contribution in [2.45, 2.75) is 13.0 Å². The van der Waals surface area contributed by atoms with Crippen LogP contribution in [0.25, 0.3) is 0 Å². The molecule has 0 saturated heterocycles. The molecule has 15 heavy (non-hydrogen) atoms. The van der Waals surface area contributed by atoms with Crippen LogP contribution in [0.5, 0.6) is 0 Å². The Morgan fingerprint density at radius 1 is 1.47 bits per heavy atom. The number of ketones is 1. The van der Waals surface area contributed by atoms with E-state index in [0.717, 1.165) is 0 Å². The molecule has 2 heterocycles. The lowest BCUT2D eigenvalue weighted by Crippen LogP contribution is -2.09. The Kier molecular flexibility index (Phi) is 2.70. The molecule has 3 nitrogen and oxygen atoms in total. The molecule has 4 heteroatoms. The van der Waals surface area contributed by atoms with Crippen LogP contribution in [0.4, 0.5) is 0 Å². The average molecular weight is 222 g/mol. The van der Waals surface area contributed by atoms with E-state index in [-0.39, 0.29) is 5.78 Å². The van der Waals surface area contributed by atoms with E-state index in [9.17, 15) is 9.90 Å². The number of aryl methyl sites for hydroxylation is 1. The largest absolute Gasteiger partial charge is 0.463 e. The molecule has 0 radical (unpaired) electrons. The molecule has 0 spiro atoms. The molecule has 0 aliphatic carbocycles. The van der Waals surface area contributed by atoms with Crippen molar-refractivity contribution in [2.24, 2.45) is 0 Å². The van der Waals surface area contributed by atoms with Gasteiger partial charge in [0.05, 0.1) is 4.88 Å². The Hall–Kier alpha value is -1.39. The summed E-state index contributed by atoms with van der Waals surface area (Å²) in [7, 11) is 0. The molecular weight excluding hydrogens is 212 g/mol. The Morgan fingerprint density at radius 2 is 2.27 bits per heavy atom. The Labute approximate surface area is 91.0 Å². The van der Waals surface area contributed by atoms with Crippen LogP contribution < -0.4 is 0 Å². The van der Waals surface area contributed by atoms with Gasteiger partial charge in [-0.25, -0.2) is 0 Å². The van der Waals surface area contributed by atoms with Crippen LogP contribution in [0.1, 0.15) is 27.3 Å². The number of hydrogen-bond donors (Lipinski definition) is 1. The molecule has 78 valence electrons. The van der Waals surface area contributed by atoms with Gasteiger partial charge in [0.1, 0.15) is 11.5 Å². The predicted octanol–water partition coefficient (Wildman–Crippen LogP) is 2.57. The second kappa shape index (κ2) is 4.00. The molecule has 0 aromatic carbocycles. The fourth-order valence-electron chi connectivity index (χ4n) is 1.28. The lowest BCUT2D eigenvalue weighted by molar-refractivity contribution is 0.0706. The van der Waals surface area contributed by atoms with Crippen LogP contribution in [-0.4, -0.2) is 10.9 Å². The van der Waals surface area contributed by atoms with Crippen molar-refractivity contribution in [1.82, 2.24) is 0 Å². The topological polar surface area (TPSA) is 50.4 Å². The molecule has 2 aromatic rings. The molecule has 0 amide bonds. The summed E-state index contributed by atoms with van der Waals surface area (Å²) >= 11 is 1.31. The van der Waals surface area contributed by atoms with E-state index < -0.39 is 6.10 Å². The third kappa shape index (κ3) is 2.00.